The van der Waals surface area contributed by atoms with Crippen LogP contribution in [0.1, 0.15) is 6.92 Å². The van der Waals surface area contributed by atoms with Crippen molar-refractivity contribution in [1.29, 1.82) is 0 Å². The molecule has 0 unspecified atom stereocenters. The second-order valence-electron chi connectivity index (χ2n) is 5.18. The summed E-state index contributed by atoms with van der Waals surface area (Å²) in [5.41, 5.74) is 2.57. The second kappa shape index (κ2) is 8.57. The third kappa shape index (κ3) is 6.32. The molecule has 2 aromatic rings. The van der Waals surface area contributed by atoms with Crippen LogP contribution in [0.4, 0.5) is 11.4 Å². The molecule has 5 heteroatoms. The van der Waals surface area contributed by atoms with Gasteiger partial charge in [0.05, 0.1) is 6.54 Å². The summed E-state index contributed by atoms with van der Waals surface area (Å²) in [6.07, 6.45) is 0. The number of rotatable bonds is 7. The van der Waals surface area contributed by atoms with E-state index in [0.717, 1.165) is 14.8 Å². The molecule has 2 rings (SSSR count). The molecule has 0 spiro atoms. The average Bonchev–Trinajstić information content (AvgIpc) is 2.53. The maximum Gasteiger partial charge on any atom is 0.243 e. The topological polar surface area (TPSA) is 50.4 Å². The van der Waals surface area contributed by atoms with E-state index >= 15 is 0 Å². The van der Waals surface area contributed by atoms with E-state index in [-0.39, 0.29) is 12.5 Å². The summed E-state index contributed by atoms with van der Waals surface area (Å²) in [6, 6.07) is 15.2. The zero-order valence-electron chi connectivity index (χ0n) is 12.9. The first-order valence-corrected chi connectivity index (χ1v) is 8.27. The fraction of sp³-hybridized carbons (Fsp3) is 0.167. The van der Waals surface area contributed by atoms with Crippen LogP contribution in [0.15, 0.2) is 60.7 Å². The lowest BCUT2D eigenvalue weighted by Gasteiger charge is -2.10. The van der Waals surface area contributed by atoms with Crippen molar-refractivity contribution in [3.8, 4) is 5.75 Å². The van der Waals surface area contributed by atoms with Gasteiger partial charge < -0.3 is 15.4 Å². The van der Waals surface area contributed by atoms with Gasteiger partial charge in [-0.1, -0.05) is 12.6 Å². The number of halogens is 1. The normalized spacial score (nSPS) is 10.0. The minimum atomic E-state index is -0.111. The molecule has 4 nitrogen and oxygen atoms in total. The van der Waals surface area contributed by atoms with E-state index in [1.807, 2.05) is 49.4 Å². The fourth-order valence-electron chi connectivity index (χ4n) is 1.83. The Hall–Kier alpha value is -2.02. The van der Waals surface area contributed by atoms with Gasteiger partial charge in [0.15, 0.2) is 0 Å². The molecule has 0 atom stereocenters. The summed E-state index contributed by atoms with van der Waals surface area (Å²) in [5, 5.41) is 5.93. The number of ether oxygens (including phenoxy) is 1. The maximum atomic E-state index is 12.0. The number of anilines is 2. The summed E-state index contributed by atoms with van der Waals surface area (Å²) in [4.78, 5) is 12.0. The highest BCUT2D eigenvalue weighted by Crippen LogP contribution is 2.18. The van der Waals surface area contributed by atoms with Crippen molar-refractivity contribution in [2.75, 3.05) is 23.8 Å². The van der Waals surface area contributed by atoms with Gasteiger partial charge in [0.25, 0.3) is 0 Å². The molecule has 0 aliphatic rings. The molecule has 0 radical (unpaired) electrons. The quantitative estimate of drug-likeness (QED) is 0.517. The van der Waals surface area contributed by atoms with Crippen molar-refractivity contribution in [1.82, 2.24) is 0 Å². The summed E-state index contributed by atoms with van der Waals surface area (Å²) < 4.78 is 6.72. The van der Waals surface area contributed by atoms with Gasteiger partial charge in [-0.2, -0.15) is 0 Å². The first-order chi connectivity index (χ1) is 11.0. The number of hydrogen-bond acceptors (Lipinski definition) is 3. The lowest BCUT2D eigenvalue weighted by atomic mass is 10.3. The fourth-order valence-corrected chi connectivity index (χ4v) is 2.19. The number of hydrogen-bond donors (Lipinski definition) is 2. The van der Waals surface area contributed by atoms with Gasteiger partial charge in [0.2, 0.25) is 5.91 Å². The molecule has 0 aliphatic carbocycles. The monoisotopic (exact) mass is 422 g/mol. The molecule has 0 saturated heterocycles. The lowest BCUT2D eigenvalue weighted by Crippen LogP contribution is -2.21. The third-order valence-electron chi connectivity index (χ3n) is 2.90. The van der Waals surface area contributed by atoms with E-state index in [1.54, 1.807) is 6.07 Å². The zero-order valence-corrected chi connectivity index (χ0v) is 15.1. The molecular formula is C18H19IN2O2. The molecule has 2 N–H and O–H groups in total. The molecule has 1 amide bonds. The first kappa shape index (κ1) is 17.3. The van der Waals surface area contributed by atoms with Crippen LogP contribution >= 0.6 is 22.6 Å². The average molecular weight is 422 g/mol. The van der Waals surface area contributed by atoms with Crippen LogP contribution in [0.2, 0.25) is 0 Å². The molecule has 2 aromatic carbocycles. The van der Waals surface area contributed by atoms with Crippen LogP contribution in [0.25, 0.3) is 0 Å². The molecule has 23 heavy (non-hydrogen) atoms. The predicted molar refractivity (Wildman–Crippen MR) is 103 cm³/mol. The van der Waals surface area contributed by atoms with Gasteiger partial charge in [0, 0.05) is 21.0 Å². The van der Waals surface area contributed by atoms with E-state index in [9.17, 15) is 4.79 Å². The lowest BCUT2D eigenvalue weighted by molar-refractivity contribution is -0.114. The van der Waals surface area contributed by atoms with E-state index in [0.29, 0.717) is 18.0 Å². The molecule has 0 saturated carbocycles. The number of amides is 1. The van der Waals surface area contributed by atoms with Crippen LogP contribution in [-0.2, 0) is 4.79 Å². The van der Waals surface area contributed by atoms with Gasteiger partial charge in [0.1, 0.15) is 12.4 Å². The Labute approximate surface area is 150 Å². The molecule has 0 aliphatic heterocycles. The molecule has 120 valence electrons. The van der Waals surface area contributed by atoms with Crippen molar-refractivity contribution in [2.45, 2.75) is 6.92 Å². The highest BCUT2D eigenvalue weighted by Gasteiger charge is 2.04. The Morgan fingerprint density at radius 2 is 1.91 bits per heavy atom. The van der Waals surface area contributed by atoms with Crippen LogP contribution < -0.4 is 15.4 Å². The van der Waals surface area contributed by atoms with Gasteiger partial charge in [-0.25, -0.2) is 0 Å². The van der Waals surface area contributed by atoms with Crippen molar-refractivity contribution >= 4 is 39.9 Å². The van der Waals surface area contributed by atoms with Gasteiger partial charge in [-0.3, -0.25) is 4.79 Å². The minimum Gasteiger partial charge on any atom is -0.489 e. The summed E-state index contributed by atoms with van der Waals surface area (Å²) in [7, 11) is 0. The highest BCUT2D eigenvalue weighted by molar-refractivity contribution is 14.1. The van der Waals surface area contributed by atoms with E-state index in [4.69, 9.17) is 4.74 Å². The van der Waals surface area contributed by atoms with Crippen LogP contribution in [0.5, 0.6) is 5.75 Å². The van der Waals surface area contributed by atoms with Gasteiger partial charge in [-0.15, -0.1) is 0 Å². The Balaban J connectivity index is 1.86. The van der Waals surface area contributed by atoms with Crippen LogP contribution in [-0.4, -0.2) is 19.1 Å². The van der Waals surface area contributed by atoms with E-state index in [2.05, 4.69) is 39.8 Å². The standard InChI is InChI=1S/C18H19IN2O2/c1-13(2)12-23-17-5-3-4-16(10-17)21-18(22)11-20-15-8-6-14(19)7-9-15/h3-10,20H,1,11-12H2,2H3,(H,21,22). The Kier molecular flexibility index (Phi) is 6.46. The smallest absolute Gasteiger partial charge is 0.243 e. The SMILES string of the molecule is C=C(C)COc1cccc(NC(=O)CNc2ccc(I)cc2)c1. The second-order valence-corrected chi connectivity index (χ2v) is 6.43. The van der Waals surface area contributed by atoms with Crippen LogP contribution in [0.3, 0.4) is 0 Å². The number of nitrogens with one attached hydrogen (secondary N) is 2. The summed E-state index contributed by atoms with van der Waals surface area (Å²) in [5.74, 6) is 0.594. The number of carbonyl (C=O) groups excluding carboxylic acids is 1. The molecule has 0 heterocycles. The third-order valence-corrected chi connectivity index (χ3v) is 3.62. The van der Waals surface area contributed by atoms with Crippen molar-refractivity contribution in [3.05, 3.63) is 64.3 Å². The van der Waals surface area contributed by atoms with Crippen molar-refractivity contribution in [2.24, 2.45) is 0 Å². The zero-order chi connectivity index (χ0) is 16.7. The Bertz CT molecular complexity index is 684. The van der Waals surface area contributed by atoms with Crippen LogP contribution in [0, 0.1) is 3.57 Å². The Morgan fingerprint density at radius 3 is 2.61 bits per heavy atom. The van der Waals surface area contributed by atoms with E-state index < -0.39 is 0 Å². The molecule has 0 aromatic heterocycles. The van der Waals surface area contributed by atoms with Crippen molar-refractivity contribution < 1.29 is 9.53 Å². The Morgan fingerprint density at radius 1 is 1.17 bits per heavy atom. The predicted octanol–water partition coefficient (Wildman–Crippen LogP) is 4.30. The van der Waals surface area contributed by atoms with E-state index in [1.165, 1.54) is 0 Å². The molecule has 0 bridgehead atoms. The van der Waals surface area contributed by atoms with Gasteiger partial charge >= 0.3 is 0 Å². The molecular weight excluding hydrogens is 403 g/mol. The largest absolute Gasteiger partial charge is 0.489 e. The number of carbonyl (C=O) groups is 1. The summed E-state index contributed by atoms with van der Waals surface area (Å²) in [6.45, 7) is 6.37. The maximum absolute atomic E-state index is 12.0. The minimum absolute atomic E-state index is 0.111. The highest BCUT2D eigenvalue weighted by atomic mass is 127. The van der Waals surface area contributed by atoms with Crippen molar-refractivity contribution in [3.63, 3.8) is 0 Å². The summed E-state index contributed by atoms with van der Waals surface area (Å²) >= 11 is 2.24. The first-order valence-electron chi connectivity index (χ1n) is 7.19. The number of benzene rings is 2. The molecule has 0 fully saturated rings. The van der Waals surface area contributed by atoms with Gasteiger partial charge in [-0.05, 0) is 71.5 Å².